The summed E-state index contributed by atoms with van der Waals surface area (Å²) in [6.45, 7) is 1.02. The largest absolute Gasteiger partial charge is 0.337 e. The summed E-state index contributed by atoms with van der Waals surface area (Å²) in [5, 5.41) is 20.4. The first-order valence-electron chi connectivity index (χ1n) is 14.0. The number of fused-ring (bicyclic) bond motifs is 5. The van der Waals surface area contributed by atoms with Crippen molar-refractivity contribution in [3.8, 4) is 17.2 Å². The zero-order valence-electron chi connectivity index (χ0n) is 22.0. The maximum atomic E-state index is 16.9. The fourth-order valence-corrected chi connectivity index (χ4v) is 8.59. The Bertz CT molecular complexity index is 1740. The van der Waals surface area contributed by atoms with Gasteiger partial charge in [-0.3, -0.25) is 0 Å². The van der Waals surface area contributed by atoms with Crippen molar-refractivity contribution >= 4 is 56.8 Å². The van der Waals surface area contributed by atoms with Gasteiger partial charge in [0.25, 0.3) is 0 Å². The lowest BCUT2D eigenvalue weighted by Crippen LogP contribution is -2.40. The molecule has 4 aromatic rings. The molecule has 3 saturated heterocycles. The lowest BCUT2D eigenvalue weighted by Gasteiger charge is -2.38. The van der Waals surface area contributed by atoms with Gasteiger partial charge >= 0.3 is 0 Å². The molecule has 5 fully saturated rings. The highest BCUT2D eigenvalue weighted by Crippen LogP contribution is 2.53. The van der Waals surface area contributed by atoms with Crippen LogP contribution in [0.3, 0.4) is 0 Å². The molecular weight excluding hydrogens is 564 g/mol. The third kappa shape index (κ3) is 3.63. The molecule has 2 aromatic heterocycles. The van der Waals surface area contributed by atoms with Gasteiger partial charge in [-0.05, 0) is 67.5 Å². The zero-order chi connectivity index (χ0) is 27.3. The second-order valence-corrected chi connectivity index (χ2v) is 13.3. The average molecular weight is 593 g/mol. The van der Waals surface area contributed by atoms with Gasteiger partial charge < -0.3 is 15.2 Å². The van der Waals surface area contributed by atoms with E-state index in [0.717, 1.165) is 45.8 Å². The van der Waals surface area contributed by atoms with Crippen LogP contribution in [0.25, 0.3) is 32.9 Å². The van der Waals surface area contributed by atoms with Crippen LogP contribution in [-0.4, -0.2) is 34.4 Å². The Morgan fingerprint density at radius 3 is 2.70 bits per heavy atom. The molecular formula is C31H28Cl2FN5S. The van der Waals surface area contributed by atoms with E-state index in [4.69, 9.17) is 28.2 Å². The minimum absolute atomic E-state index is 0.271. The molecule has 2 bridgehead atoms. The summed E-state index contributed by atoms with van der Waals surface area (Å²) in [5.74, 6) is 0.933. The second-order valence-electron chi connectivity index (χ2n) is 11.8. The highest BCUT2D eigenvalue weighted by atomic mass is 35.5. The van der Waals surface area contributed by atoms with E-state index in [0.29, 0.717) is 63.2 Å². The normalized spacial score (nSPS) is 28.2. The van der Waals surface area contributed by atoms with Gasteiger partial charge in [0.2, 0.25) is 0 Å². The molecule has 2 aromatic carbocycles. The molecule has 40 heavy (non-hydrogen) atoms. The molecule has 0 radical (unpaired) electrons. The molecule has 0 amide bonds. The Morgan fingerprint density at radius 1 is 1.15 bits per heavy atom. The van der Waals surface area contributed by atoms with Crippen LogP contribution in [0.15, 0.2) is 35.4 Å². The summed E-state index contributed by atoms with van der Waals surface area (Å²) in [6, 6.07) is 13.6. The van der Waals surface area contributed by atoms with Crippen LogP contribution in [0.4, 0.5) is 4.39 Å². The van der Waals surface area contributed by atoms with E-state index < -0.39 is 5.82 Å². The van der Waals surface area contributed by atoms with E-state index in [1.807, 2.05) is 6.26 Å². The molecule has 0 unspecified atom stereocenters. The van der Waals surface area contributed by atoms with Crippen molar-refractivity contribution in [3.63, 3.8) is 0 Å². The number of aromatic nitrogens is 2. The number of nitrogens with zero attached hydrogens (tertiary/aromatic N) is 3. The molecule has 204 valence electrons. The van der Waals surface area contributed by atoms with E-state index >= 15 is 4.39 Å². The highest BCUT2D eigenvalue weighted by Gasteiger charge is 2.51. The molecule has 5 heterocycles. The summed E-state index contributed by atoms with van der Waals surface area (Å²) < 4.78 is 19.4. The predicted molar refractivity (Wildman–Crippen MR) is 160 cm³/mol. The smallest absolute Gasteiger partial charge is 0.157 e. The summed E-state index contributed by atoms with van der Waals surface area (Å²) in [7, 11) is 0. The average Bonchev–Trinajstić information content (AvgIpc) is 3.42. The number of benzene rings is 2. The van der Waals surface area contributed by atoms with Crippen LogP contribution in [0, 0.1) is 29.0 Å². The topological polar surface area (TPSA) is 65.7 Å². The summed E-state index contributed by atoms with van der Waals surface area (Å²) >= 11 is 14.6. The number of thioether (sulfide) groups is 1. The van der Waals surface area contributed by atoms with Crippen LogP contribution >= 0.6 is 35.0 Å². The van der Waals surface area contributed by atoms with Crippen LogP contribution in [-0.2, 0) is 6.42 Å². The molecule has 9 heteroatoms. The van der Waals surface area contributed by atoms with Crippen molar-refractivity contribution in [2.75, 3.05) is 12.8 Å². The molecule has 9 rings (SSSR count). The fourth-order valence-electron chi connectivity index (χ4n) is 7.63. The molecule has 5 nitrogen and oxygen atoms in total. The SMILES string of the molecule is CSc1nc2c(F)c(-c3cccc(Cl)c3Cl)c(CCC#N)cc2c2c1cc([C@H]1C[C@H]3C[C@H]3N1)n2[C@H]1[C@H]2CN[C@@H]1C2. The monoisotopic (exact) mass is 591 g/mol. The summed E-state index contributed by atoms with van der Waals surface area (Å²) in [6.07, 6.45) is 6.30. The van der Waals surface area contributed by atoms with Gasteiger partial charge in [-0.15, -0.1) is 11.8 Å². The maximum absolute atomic E-state index is 16.9. The van der Waals surface area contributed by atoms with Crippen LogP contribution in [0.1, 0.15) is 49.0 Å². The van der Waals surface area contributed by atoms with Crippen molar-refractivity contribution in [3.05, 3.63) is 57.5 Å². The maximum Gasteiger partial charge on any atom is 0.157 e. The molecule has 2 saturated carbocycles. The van der Waals surface area contributed by atoms with Gasteiger partial charge in [0, 0.05) is 58.7 Å². The van der Waals surface area contributed by atoms with E-state index in [9.17, 15) is 5.26 Å². The van der Waals surface area contributed by atoms with E-state index in [1.54, 1.807) is 30.0 Å². The number of pyridine rings is 1. The van der Waals surface area contributed by atoms with Crippen molar-refractivity contribution in [1.29, 1.82) is 5.26 Å². The molecule has 3 aliphatic heterocycles. The number of hydrogen-bond donors (Lipinski definition) is 2. The molecule has 2 aliphatic carbocycles. The van der Waals surface area contributed by atoms with Crippen molar-refractivity contribution in [2.24, 2.45) is 11.8 Å². The van der Waals surface area contributed by atoms with Gasteiger partial charge in [-0.1, -0.05) is 35.3 Å². The Morgan fingerprint density at radius 2 is 2.00 bits per heavy atom. The summed E-state index contributed by atoms with van der Waals surface area (Å²) in [4.78, 5) is 4.94. The van der Waals surface area contributed by atoms with Gasteiger partial charge in [0.15, 0.2) is 5.82 Å². The van der Waals surface area contributed by atoms with Gasteiger partial charge in [-0.25, -0.2) is 9.37 Å². The third-order valence-corrected chi connectivity index (χ3v) is 11.2. The Labute approximate surface area is 246 Å². The van der Waals surface area contributed by atoms with Gasteiger partial charge in [0.1, 0.15) is 10.5 Å². The molecule has 0 spiro atoms. The lowest BCUT2D eigenvalue weighted by atomic mass is 9.79. The predicted octanol–water partition coefficient (Wildman–Crippen LogP) is 7.44. The van der Waals surface area contributed by atoms with Crippen molar-refractivity contribution in [2.45, 2.75) is 61.3 Å². The fraction of sp³-hybridized carbons (Fsp3) is 0.419. The zero-order valence-corrected chi connectivity index (χ0v) is 24.3. The Balaban J connectivity index is 1.45. The third-order valence-electron chi connectivity index (χ3n) is 9.63. The minimum Gasteiger partial charge on any atom is -0.337 e. The molecule has 5 aliphatic rings. The van der Waals surface area contributed by atoms with E-state index in [1.165, 1.54) is 18.5 Å². The number of piperidine rings is 1. The first-order valence-corrected chi connectivity index (χ1v) is 16.0. The number of nitrogens with one attached hydrogen (secondary N) is 2. The van der Waals surface area contributed by atoms with Crippen molar-refractivity contribution < 1.29 is 4.39 Å². The quantitative estimate of drug-likeness (QED) is 0.228. The first kappa shape index (κ1) is 25.4. The first-order chi connectivity index (χ1) is 19.5. The number of nitriles is 1. The molecule has 2 N–H and O–H groups in total. The van der Waals surface area contributed by atoms with E-state index in [2.05, 4.69) is 33.4 Å². The lowest BCUT2D eigenvalue weighted by molar-refractivity contribution is 0.218. The number of aryl methyl sites for hydroxylation is 1. The van der Waals surface area contributed by atoms with Crippen LogP contribution in [0.5, 0.6) is 0 Å². The number of hydrogen-bond acceptors (Lipinski definition) is 5. The Kier molecular flexibility index (Phi) is 5.92. The van der Waals surface area contributed by atoms with Crippen LogP contribution in [0.2, 0.25) is 10.0 Å². The van der Waals surface area contributed by atoms with E-state index in [-0.39, 0.29) is 6.42 Å². The van der Waals surface area contributed by atoms with Crippen LogP contribution < -0.4 is 10.6 Å². The minimum atomic E-state index is -0.406. The number of halogens is 3. The highest BCUT2D eigenvalue weighted by molar-refractivity contribution is 7.98. The summed E-state index contributed by atoms with van der Waals surface area (Å²) in [5.41, 5.74) is 4.37. The second kappa shape index (κ2) is 9.34. The number of rotatable bonds is 6. The molecule has 6 atom stereocenters. The Hall–Kier alpha value is -2.34. The van der Waals surface area contributed by atoms with Gasteiger partial charge in [0.05, 0.1) is 27.7 Å². The standard InChI is InChI=1S/C31H28Cl2FN5S/c1-40-31-19-12-24(22-10-15-9-21(15)37-22)39(29-16-11-23(29)36-13-16)30(19)18-8-14(4-3-7-35)25(27(34)28(18)38-31)17-5-2-6-20(32)26(17)33/h2,5-6,8,12,15-16,21-23,29,36-37H,3-4,9-11,13H2,1H3/t15-,16-,21-,22-,23-,29+/m1/s1. The van der Waals surface area contributed by atoms with Gasteiger partial charge in [-0.2, -0.15) is 5.26 Å². The van der Waals surface area contributed by atoms with Crippen molar-refractivity contribution in [1.82, 2.24) is 20.2 Å².